The second kappa shape index (κ2) is 8.10. The van der Waals surface area contributed by atoms with Crippen molar-refractivity contribution in [3.8, 4) is 11.5 Å². The molecule has 2 aromatic carbocycles. The average Bonchev–Trinajstić information content (AvgIpc) is 2.71. The number of rotatable bonds is 5. The van der Waals surface area contributed by atoms with Gasteiger partial charge in [-0.25, -0.2) is 22.4 Å². The molecule has 0 aliphatic carbocycles. The Labute approximate surface area is 164 Å². The van der Waals surface area contributed by atoms with Crippen LogP contribution in [-0.2, 0) is 10.0 Å². The Morgan fingerprint density at radius 1 is 1.07 bits per heavy atom. The van der Waals surface area contributed by atoms with Crippen LogP contribution in [0, 0.1) is 5.82 Å². The molecule has 0 aliphatic rings. The van der Waals surface area contributed by atoms with Crippen molar-refractivity contribution in [2.45, 2.75) is 4.90 Å². The third-order valence-electron chi connectivity index (χ3n) is 3.64. The molecule has 9 nitrogen and oxygen atoms in total. The summed E-state index contributed by atoms with van der Waals surface area (Å²) in [6, 6.07) is 13.1. The van der Waals surface area contributed by atoms with E-state index in [1.165, 1.54) is 43.5 Å². The van der Waals surface area contributed by atoms with Crippen LogP contribution in [0.5, 0.6) is 11.5 Å². The predicted octanol–water partition coefficient (Wildman–Crippen LogP) is 2.24. The van der Waals surface area contributed by atoms with Gasteiger partial charge in [0.2, 0.25) is 0 Å². The lowest BCUT2D eigenvalue weighted by molar-refractivity contribution is 0.215. The van der Waals surface area contributed by atoms with Crippen LogP contribution in [0.3, 0.4) is 0 Å². The van der Waals surface area contributed by atoms with Gasteiger partial charge < -0.3 is 9.47 Å². The van der Waals surface area contributed by atoms with Gasteiger partial charge in [0.05, 0.1) is 18.2 Å². The van der Waals surface area contributed by atoms with Gasteiger partial charge in [0.25, 0.3) is 10.0 Å². The Bertz CT molecular complexity index is 1190. The summed E-state index contributed by atoms with van der Waals surface area (Å²) in [5, 5.41) is 1.96. The number of para-hydroxylation sites is 1. The normalized spacial score (nSPS) is 11.0. The Morgan fingerprint density at radius 3 is 2.34 bits per heavy atom. The number of amides is 1. The van der Waals surface area contributed by atoms with Gasteiger partial charge in [-0.1, -0.05) is 18.2 Å². The largest absolute Gasteiger partial charge is 0.497 e. The first kappa shape index (κ1) is 20.0. The predicted molar refractivity (Wildman–Crippen MR) is 100 cm³/mol. The molecule has 0 aliphatic heterocycles. The van der Waals surface area contributed by atoms with Crippen molar-refractivity contribution < 1.29 is 27.1 Å². The number of nitrogens with zero attached hydrogens (tertiary/aromatic N) is 2. The number of benzene rings is 2. The summed E-state index contributed by atoms with van der Waals surface area (Å²) in [5.41, 5.74) is -1.31. The molecule has 1 N–H and O–H groups in total. The van der Waals surface area contributed by atoms with Gasteiger partial charge in [-0.3, -0.25) is 5.32 Å². The van der Waals surface area contributed by atoms with Crippen molar-refractivity contribution in [3.05, 3.63) is 77.1 Å². The zero-order chi connectivity index (χ0) is 21.0. The monoisotopic (exact) mass is 419 g/mol. The van der Waals surface area contributed by atoms with Crippen molar-refractivity contribution in [2.24, 2.45) is 0 Å². The summed E-state index contributed by atoms with van der Waals surface area (Å²) < 4.78 is 49.5. The molecule has 0 atom stereocenters. The first-order chi connectivity index (χ1) is 13.8. The summed E-state index contributed by atoms with van der Waals surface area (Å²) >= 11 is 0. The van der Waals surface area contributed by atoms with Crippen molar-refractivity contribution in [3.63, 3.8) is 0 Å². The van der Waals surface area contributed by atoms with Gasteiger partial charge in [0, 0.05) is 0 Å². The highest BCUT2D eigenvalue weighted by molar-refractivity contribution is 7.90. The fourth-order valence-electron chi connectivity index (χ4n) is 2.26. The molecule has 3 rings (SSSR count). The number of carbonyl (C=O) groups excluding carboxylic acids is 1. The molecule has 0 unspecified atom stereocenters. The summed E-state index contributed by atoms with van der Waals surface area (Å²) in [7, 11) is -3.00. The SMILES string of the molecule is COc1ccc(S(=O)(=O)n2cc(F)c(NC(=O)Oc3ccccc3)nc2=O)cc1. The maximum absolute atomic E-state index is 14.3. The number of hydrogen-bond donors (Lipinski definition) is 1. The number of carbonyl (C=O) groups is 1. The molecule has 0 spiro atoms. The van der Waals surface area contributed by atoms with E-state index < -0.39 is 33.4 Å². The van der Waals surface area contributed by atoms with Crippen LogP contribution in [0.1, 0.15) is 0 Å². The zero-order valence-electron chi connectivity index (χ0n) is 14.9. The van der Waals surface area contributed by atoms with Crippen LogP contribution >= 0.6 is 0 Å². The molecule has 0 saturated heterocycles. The molecule has 11 heteroatoms. The van der Waals surface area contributed by atoms with Crippen LogP contribution < -0.4 is 20.5 Å². The van der Waals surface area contributed by atoms with E-state index in [2.05, 4.69) is 4.98 Å². The highest BCUT2D eigenvalue weighted by Gasteiger charge is 2.22. The third kappa shape index (κ3) is 4.41. The van der Waals surface area contributed by atoms with Gasteiger partial charge in [0.15, 0.2) is 11.6 Å². The number of ether oxygens (including phenoxy) is 2. The maximum atomic E-state index is 14.3. The lowest BCUT2D eigenvalue weighted by Gasteiger charge is -2.10. The number of aromatic nitrogens is 2. The Morgan fingerprint density at radius 2 is 1.72 bits per heavy atom. The molecular weight excluding hydrogens is 405 g/mol. The maximum Gasteiger partial charge on any atom is 0.418 e. The molecule has 0 saturated carbocycles. The van der Waals surface area contributed by atoms with Crippen LogP contribution in [0.2, 0.25) is 0 Å². The quantitative estimate of drug-likeness (QED) is 0.674. The summed E-state index contributed by atoms with van der Waals surface area (Å²) in [6.07, 6.45) is -0.676. The van der Waals surface area contributed by atoms with Crippen molar-refractivity contribution in [2.75, 3.05) is 12.4 Å². The summed E-state index contributed by atoms with van der Waals surface area (Å²) in [6.45, 7) is 0. The van der Waals surface area contributed by atoms with Gasteiger partial charge >= 0.3 is 11.8 Å². The summed E-state index contributed by atoms with van der Waals surface area (Å²) in [4.78, 5) is 27.0. The van der Waals surface area contributed by atoms with Gasteiger partial charge in [-0.15, -0.1) is 0 Å². The Hall–Kier alpha value is -3.73. The van der Waals surface area contributed by atoms with E-state index in [-0.39, 0.29) is 14.6 Å². The van der Waals surface area contributed by atoms with E-state index in [4.69, 9.17) is 9.47 Å². The molecule has 29 heavy (non-hydrogen) atoms. The van der Waals surface area contributed by atoms with Crippen molar-refractivity contribution in [1.82, 2.24) is 8.96 Å². The van der Waals surface area contributed by atoms with Gasteiger partial charge in [0.1, 0.15) is 11.5 Å². The molecule has 0 radical (unpaired) electrons. The molecule has 150 valence electrons. The second-order valence-corrected chi connectivity index (χ2v) is 7.34. The molecule has 1 heterocycles. The lowest BCUT2D eigenvalue weighted by atomic mass is 10.3. The van der Waals surface area contributed by atoms with E-state index in [0.29, 0.717) is 11.9 Å². The topological polar surface area (TPSA) is 117 Å². The standard InChI is InChI=1S/C18H14FN3O6S/c1-27-12-7-9-14(10-8-12)29(25,26)22-11-15(19)16(20-17(22)23)21-18(24)28-13-5-3-2-4-6-13/h2-11H,1H3,(H,20,21,23,24). The molecule has 1 amide bonds. The third-order valence-corrected chi connectivity index (χ3v) is 5.29. The molecule has 3 aromatic rings. The number of nitrogens with one attached hydrogen (secondary N) is 1. The fraction of sp³-hybridized carbons (Fsp3) is 0.0556. The number of hydrogen-bond acceptors (Lipinski definition) is 7. The lowest BCUT2D eigenvalue weighted by Crippen LogP contribution is -2.31. The first-order valence-electron chi connectivity index (χ1n) is 8.04. The van der Waals surface area contributed by atoms with E-state index in [1.807, 2.05) is 5.32 Å². The van der Waals surface area contributed by atoms with Crippen LogP contribution in [-0.4, -0.2) is 30.6 Å². The number of anilines is 1. The first-order valence-corrected chi connectivity index (χ1v) is 9.48. The highest BCUT2D eigenvalue weighted by atomic mass is 32.2. The zero-order valence-corrected chi connectivity index (χ0v) is 15.7. The van der Waals surface area contributed by atoms with Crippen LogP contribution in [0.4, 0.5) is 15.0 Å². The van der Waals surface area contributed by atoms with E-state index in [0.717, 1.165) is 0 Å². The summed E-state index contributed by atoms with van der Waals surface area (Å²) in [5.74, 6) is -1.43. The molecule has 0 bridgehead atoms. The Kier molecular flexibility index (Phi) is 5.59. The minimum Gasteiger partial charge on any atom is -0.497 e. The van der Waals surface area contributed by atoms with Crippen LogP contribution in [0.15, 0.2) is 70.5 Å². The Balaban J connectivity index is 1.86. The molecular formula is C18H14FN3O6S. The number of halogens is 1. The average molecular weight is 419 g/mol. The van der Waals surface area contributed by atoms with Gasteiger partial charge in [-0.05, 0) is 36.4 Å². The van der Waals surface area contributed by atoms with E-state index >= 15 is 0 Å². The fourth-order valence-corrected chi connectivity index (χ4v) is 3.44. The minimum atomic E-state index is -4.41. The second-order valence-electron chi connectivity index (χ2n) is 5.52. The van der Waals surface area contributed by atoms with Gasteiger partial charge in [-0.2, -0.15) is 8.96 Å². The minimum absolute atomic E-state index is 0.137. The highest BCUT2D eigenvalue weighted by Crippen LogP contribution is 2.18. The van der Waals surface area contributed by atoms with Crippen LogP contribution in [0.25, 0.3) is 0 Å². The smallest absolute Gasteiger partial charge is 0.418 e. The molecule has 1 aromatic heterocycles. The van der Waals surface area contributed by atoms with E-state index in [9.17, 15) is 22.4 Å². The van der Waals surface area contributed by atoms with E-state index in [1.54, 1.807) is 18.2 Å². The molecule has 0 fully saturated rings. The number of methoxy groups -OCH3 is 1. The van der Waals surface area contributed by atoms with Crippen molar-refractivity contribution >= 4 is 21.9 Å². The van der Waals surface area contributed by atoms with Crippen molar-refractivity contribution in [1.29, 1.82) is 0 Å².